The molecule has 1 heterocycles. The number of aryl methyl sites for hydroxylation is 1. The van der Waals surface area contributed by atoms with Crippen LogP contribution in [-0.2, 0) is 6.54 Å². The van der Waals surface area contributed by atoms with Crippen molar-refractivity contribution in [1.29, 1.82) is 0 Å². The topological polar surface area (TPSA) is 43.4 Å². The van der Waals surface area contributed by atoms with Crippen molar-refractivity contribution >= 4 is 11.3 Å². The molecule has 0 unspecified atom stereocenters. The summed E-state index contributed by atoms with van der Waals surface area (Å²) in [5.74, 6) is 1.51. The monoisotopic (exact) mass is 292 g/mol. The number of hydrogen-bond acceptors (Lipinski definition) is 5. The van der Waals surface area contributed by atoms with E-state index in [1.165, 1.54) is 4.88 Å². The molecule has 20 heavy (non-hydrogen) atoms. The van der Waals surface area contributed by atoms with Crippen LogP contribution in [-0.4, -0.2) is 25.7 Å². The second kappa shape index (κ2) is 6.72. The lowest BCUT2D eigenvalue weighted by atomic mass is 10.2. The molecule has 0 bridgehead atoms. The number of benzene rings is 1. The molecule has 0 aliphatic heterocycles. The van der Waals surface area contributed by atoms with Crippen LogP contribution in [0.15, 0.2) is 18.2 Å². The van der Waals surface area contributed by atoms with E-state index in [-0.39, 0.29) is 0 Å². The minimum Gasteiger partial charge on any atom is -0.493 e. The Bertz CT molecular complexity index is 581. The van der Waals surface area contributed by atoms with Crippen LogP contribution in [0.1, 0.15) is 17.5 Å². The quantitative estimate of drug-likeness (QED) is 0.887. The lowest BCUT2D eigenvalue weighted by molar-refractivity contribution is 0.312. The Balaban J connectivity index is 2.48. The molecule has 2 aromatic rings. The van der Waals surface area contributed by atoms with E-state index in [2.05, 4.69) is 10.3 Å². The van der Waals surface area contributed by atoms with Crippen molar-refractivity contribution in [3.8, 4) is 22.1 Å². The lowest BCUT2D eigenvalue weighted by Crippen LogP contribution is -2.04. The molecule has 0 aliphatic rings. The molecular formula is C15H20N2O2S. The van der Waals surface area contributed by atoms with Gasteiger partial charge in [0.1, 0.15) is 5.01 Å². The van der Waals surface area contributed by atoms with Crippen LogP contribution in [0.2, 0.25) is 0 Å². The average molecular weight is 292 g/mol. The van der Waals surface area contributed by atoms with Crippen LogP contribution in [0.3, 0.4) is 0 Å². The number of hydrogen-bond donors (Lipinski definition) is 1. The van der Waals surface area contributed by atoms with Gasteiger partial charge in [-0.2, -0.15) is 0 Å². The Morgan fingerprint density at radius 3 is 2.80 bits per heavy atom. The van der Waals surface area contributed by atoms with Gasteiger partial charge < -0.3 is 14.8 Å². The molecule has 0 amide bonds. The summed E-state index contributed by atoms with van der Waals surface area (Å²) in [7, 11) is 3.59. The van der Waals surface area contributed by atoms with Crippen molar-refractivity contribution in [1.82, 2.24) is 10.3 Å². The lowest BCUT2D eigenvalue weighted by Gasteiger charge is -2.12. The summed E-state index contributed by atoms with van der Waals surface area (Å²) in [5.41, 5.74) is 2.05. The van der Waals surface area contributed by atoms with Gasteiger partial charge in [-0.3, -0.25) is 0 Å². The van der Waals surface area contributed by atoms with Gasteiger partial charge >= 0.3 is 0 Å². The van der Waals surface area contributed by atoms with Gasteiger partial charge in [0.15, 0.2) is 11.5 Å². The van der Waals surface area contributed by atoms with Crippen LogP contribution in [0, 0.1) is 6.92 Å². The highest BCUT2D eigenvalue weighted by Gasteiger charge is 2.16. The van der Waals surface area contributed by atoms with E-state index in [0.717, 1.165) is 34.3 Å². The fourth-order valence-corrected chi connectivity index (χ4v) is 3.10. The van der Waals surface area contributed by atoms with E-state index in [4.69, 9.17) is 9.47 Å². The number of methoxy groups -OCH3 is 1. The first-order valence-corrected chi connectivity index (χ1v) is 7.44. The predicted octanol–water partition coefficient (Wildman–Crippen LogP) is 3.25. The van der Waals surface area contributed by atoms with Gasteiger partial charge in [-0.25, -0.2) is 4.98 Å². The number of nitrogens with one attached hydrogen (secondary N) is 1. The van der Waals surface area contributed by atoms with Gasteiger partial charge in [0.05, 0.1) is 25.0 Å². The van der Waals surface area contributed by atoms with Gasteiger partial charge in [0, 0.05) is 11.4 Å². The second-order valence-corrected chi connectivity index (χ2v) is 5.41. The number of para-hydroxylation sites is 1. The Morgan fingerprint density at radius 1 is 1.35 bits per heavy atom. The first-order chi connectivity index (χ1) is 9.71. The molecule has 1 N–H and O–H groups in total. The highest BCUT2D eigenvalue weighted by atomic mass is 32.1. The number of nitrogens with zero attached hydrogens (tertiary/aromatic N) is 1. The van der Waals surface area contributed by atoms with Crippen LogP contribution in [0.5, 0.6) is 11.5 Å². The summed E-state index contributed by atoms with van der Waals surface area (Å²) in [6.45, 7) is 5.43. The molecule has 108 valence electrons. The Labute approximate surface area is 123 Å². The number of ether oxygens (including phenoxy) is 2. The van der Waals surface area contributed by atoms with E-state index in [1.54, 1.807) is 18.4 Å². The normalized spacial score (nSPS) is 10.6. The van der Waals surface area contributed by atoms with Gasteiger partial charge in [-0.1, -0.05) is 6.07 Å². The highest BCUT2D eigenvalue weighted by Crippen LogP contribution is 2.40. The first kappa shape index (κ1) is 14.8. The fraction of sp³-hybridized carbons (Fsp3) is 0.400. The minimum atomic E-state index is 0.598. The standard InChI is InChI=1S/C15H20N2O2S/c1-5-19-14-11(7-6-8-12(14)18-4)15-17-10(2)13(20-15)9-16-3/h6-8,16H,5,9H2,1-4H3. The summed E-state index contributed by atoms with van der Waals surface area (Å²) in [4.78, 5) is 5.90. The van der Waals surface area contributed by atoms with Crippen LogP contribution in [0.25, 0.3) is 10.6 Å². The fourth-order valence-electron chi connectivity index (χ4n) is 2.01. The molecule has 0 fully saturated rings. The van der Waals surface area contributed by atoms with Crippen molar-refractivity contribution in [3.63, 3.8) is 0 Å². The zero-order valence-electron chi connectivity index (χ0n) is 12.3. The smallest absolute Gasteiger partial charge is 0.171 e. The van der Waals surface area contributed by atoms with Crippen molar-refractivity contribution < 1.29 is 9.47 Å². The maximum atomic E-state index is 5.75. The maximum Gasteiger partial charge on any atom is 0.171 e. The molecule has 0 spiro atoms. The van der Waals surface area contributed by atoms with Crippen molar-refractivity contribution in [2.75, 3.05) is 20.8 Å². The Kier molecular flexibility index (Phi) is 4.98. The molecule has 0 atom stereocenters. The molecule has 2 rings (SSSR count). The third-order valence-corrected chi connectivity index (χ3v) is 4.14. The van der Waals surface area contributed by atoms with E-state index in [9.17, 15) is 0 Å². The zero-order chi connectivity index (χ0) is 14.5. The van der Waals surface area contributed by atoms with Gasteiger partial charge in [-0.15, -0.1) is 11.3 Å². The third kappa shape index (κ3) is 2.94. The molecule has 5 heteroatoms. The summed E-state index contributed by atoms with van der Waals surface area (Å²) in [6, 6.07) is 5.89. The summed E-state index contributed by atoms with van der Waals surface area (Å²) >= 11 is 1.69. The van der Waals surface area contributed by atoms with Gasteiger partial charge in [0.25, 0.3) is 0 Å². The van der Waals surface area contributed by atoms with E-state index in [1.807, 2.05) is 39.1 Å². The molecule has 0 radical (unpaired) electrons. The molecule has 0 saturated carbocycles. The van der Waals surface area contributed by atoms with E-state index in [0.29, 0.717) is 6.61 Å². The zero-order valence-corrected chi connectivity index (χ0v) is 13.1. The van der Waals surface area contributed by atoms with Crippen LogP contribution >= 0.6 is 11.3 Å². The molecule has 0 aliphatic carbocycles. The Hall–Kier alpha value is -1.59. The first-order valence-electron chi connectivity index (χ1n) is 6.62. The van der Waals surface area contributed by atoms with Crippen LogP contribution < -0.4 is 14.8 Å². The molecular weight excluding hydrogens is 272 g/mol. The highest BCUT2D eigenvalue weighted by molar-refractivity contribution is 7.15. The second-order valence-electron chi connectivity index (χ2n) is 4.33. The molecule has 4 nitrogen and oxygen atoms in total. The largest absolute Gasteiger partial charge is 0.493 e. The minimum absolute atomic E-state index is 0.598. The third-order valence-electron chi connectivity index (χ3n) is 2.95. The van der Waals surface area contributed by atoms with E-state index < -0.39 is 0 Å². The summed E-state index contributed by atoms with van der Waals surface area (Å²) in [6.07, 6.45) is 0. The molecule has 1 aromatic heterocycles. The number of thiazole rings is 1. The number of rotatable bonds is 6. The van der Waals surface area contributed by atoms with Crippen LogP contribution in [0.4, 0.5) is 0 Å². The van der Waals surface area contributed by atoms with E-state index >= 15 is 0 Å². The summed E-state index contributed by atoms with van der Waals surface area (Å²) < 4.78 is 11.1. The Morgan fingerprint density at radius 2 is 2.15 bits per heavy atom. The molecule has 0 saturated heterocycles. The van der Waals surface area contributed by atoms with Gasteiger partial charge in [0.2, 0.25) is 0 Å². The SMILES string of the molecule is CCOc1c(OC)cccc1-c1nc(C)c(CNC)s1. The average Bonchev–Trinajstić information content (AvgIpc) is 2.81. The van der Waals surface area contributed by atoms with Crippen molar-refractivity contribution in [2.45, 2.75) is 20.4 Å². The van der Waals surface area contributed by atoms with Crippen molar-refractivity contribution in [2.24, 2.45) is 0 Å². The van der Waals surface area contributed by atoms with Gasteiger partial charge in [-0.05, 0) is 33.0 Å². The molecule has 1 aromatic carbocycles. The predicted molar refractivity (Wildman–Crippen MR) is 82.8 cm³/mol. The van der Waals surface area contributed by atoms with Crippen molar-refractivity contribution in [3.05, 3.63) is 28.8 Å². The summed E-state index contributed by atoms with van der Waals surface area (Å²) in [5, 5.41) is 4.13. The number of aromatic nitrogens is 1. The maximum absolute atomic E-state index is 5.75.